The molecule has 0 heterocycles. The second-order valence-electron chi connectivity index (χ2n) is 6.45. The average Bonchev–Trinajstić information content (AvgIpc) is 2.61. The van der Waals surface area contributed by atoms with Gasteiger partial charge in [-0.05, 0) is 30.5 Å². The van der Waals surface area contributed by atoms with Gasteiger partial charge in [0.25, 0.3) is 5.91 Å². The van der Waals surface area contributed by atoms with Crippen LogP contribution in [-0.4, -0.2) is 29.2 Å². The first-order valence-electron chi connectivity index (χ1n) is 8.47. The molecule has 1 unspecified atom stereocenters. The predicted molar refractivity (Wildman–Crippen MR) is 91.8 cm³/mol. The van der Waals surface area contributed by atoms with Gasteiger partial charge < -0.3 is 10.8 Å². The van der Waals surface area contributed by atoms with Crippen molar-refractivity contribution in [1.29, 1.82) is 0 Å². The maximum absolute atomic E-state index is 13.4. The minimum Gasteiger partial charge on any atom is -0.382 e. The van der Waals surface area contributed by atoms with Gasteiger partial charge in [-0.15, -0.1) is 0 Å². The number of nitrogens with zero attached hydrogens (tertiary/aromatic N) is 1. The van der Waals surface area contributed by atoms with E-state index >= 15 is 0 Å². The van der Waals surface area contributed by atoms with Crippen LogP contribution in [0.3, 0.4) is 0 Å². The fraction of sp³-hybridized carbons (Fsp3) is 0.529. The molecule has 138 valence electrons. The van der Waals surface area contributed by atoms with Crippen LogP contribution in [0.2, 0.25) is 0 Å². The summed E-state index contributed by atoms with van der Waals surface area (Å²) in [5.41, 5.74) is 7.80. The Balaban J connectivity index is 2.13. The van der Waals surface area contributed by atoms with Crippen LogP contribution in [0, 0.1) is 11.7 Å². The zero-order chi connectivity index (χ0) is 18.4. The Labute approximate surface area is 146 Å². The average molecular weight is 352 g/mol. The molecule has 6 N–H and O–H groups in total. The Bertz CT molecular complexity index is 607. The molecule has 1 saturated carbocycles. The van der Waals surface area contributed by atoms with Gasteiger partial charge in [0.1, 0.15) is 11.9 Å². The molecule has 1 fully saturated rings. The molecule has 0 saturated heterocycles. The van der Waals surface area contributed by atoms with Gasteiger partial charge in [0, 0.05) is 6.04 Å². The maximum Gasteiger partial charge on any atom is 0.342 e. The Kier molecular flexibility index (Phi) is 6.86. The molecule has 2 rings (SSSR count). The van der Waals surface area contributed by atoms with E-state index in [1.807, 2.05) is 5.43 Å². The van der Waals surface area contributed by atoms with Crippen molar-refractivity contribution in [1.82, 2.24) is 5.43 Å². The van der Waals surface area contributed by atoms with E-state index in [-0.39, 0.29) is 5.69 Å². The number of aliphatic hydroxyl groups excluding tert-OH is 1. The van der Waals surface area contributed by atoms with Crippen molar-refractivity contribution in [2.75, 3.05) is 4.90 Å². The summed E-state index contributed by atoms with van der Waals surface area (Å²) in [6.45, 7) is 0. The minimum absolute atomic E-state index is 0.0307. The van der Waals surface area contributed by atoms with E-state index in [9.17, 15) is 19.1 Å². The van der Waals surface area contributed by atoms with Crippen molar-refractivity contribution in [3.63, 3.8) is 0 Å². The lowest BCUT2D eigenvalue weighted by Crippen LogP contribution is -2.54. The fourth-order valence-corrected chi connectivity index (χ4v) is 3.28. The molecule has 1 aromatic carbocycles. The standard InChI is InChI=1S/C17H25FN4O3/c18-12-7-4-8-13(10-12)22(17(25)21-20)16(24)15(23)14(19)9-11-5-2-1-3-6-11/h4,7-8,10-11,14-15,23H,1-3,5-6,9,19-20H2,(H,21,25)/t14-,15?/m1/s1. The number of carbonyl (C=O) groups is 2. The van der Waals surface area contributed by atoms with Gasteiger partial charge in [-0.2, -0.15) is 0 Å². The Morgan fingerprint density at radius 1 is 1.32 bits per heavy atom. The van der Waals surface area contributed by atoms with Crippen molar-refractivity contribution in [2.24, 2.45) is 17.5 Å². The van der Waals surface area contributed by atoms with Crippen LogP contribution in [0.25, 0.3) is 0 Å². The highest BCUT2D eigenvalue weighted by Crippen LogP contribution is 2.28. The summed E-state index contributed by atoms with van der Waals surface area (Å²) >= 11 is 0. The number of imide groups is 1. The fourth-order valence-electron chi connectivity index (χ4n) is 3.28. The van der Waals surface area contributed by atoms with Crippen molar-refractivity contribution < 1.29 is 19.1 Å². The molecule has 25 heavy (non-hydrogen) atoms. The normalized spacial score (nSPS) is 17.6. The number of hydrazine groups is 1. The monoisotopic (exact) mass is 352 g/mol. The highest BCUT2D eigenvalue weighted by Gasteiger charge is 2.33. The van der Waals surface area contributed by atoms with Crippen LogP contribution in [0.1, 0.15) is 38.5 Å². The molecule has 7 nitrogen and oxygen atoms in total. The number of nitrogens with two attached hydrogens (primary N) is 2. The maximum atomic E-state index is 13.4. The van der Waals surface area contributed by atoms with E-state index in [0.717, 1.165) is 31.7 Å². The number of hydrogen-bond donors (Lipinski definition) is 4. The molecule has 1 aromatic rings. The number of urea groups is 1. The third-order valence-electron chi connectivity index (χ3n) is 4.60. The molecule has 0 aromatic heterocycles. The highest BCUT2D eigenvalue weighted by molar-refractivity contribution is 6.15. The Morgan fingerprint density at radius 3 is 2.60 bits per heavy atom. The number of halogens is 1. The molecule has 3 amide bonds. The van der Waals surface area contributed by atoms with Crippen molar-refractivity contribution >= 4 is 17.6 Å². The molecule has 1 aliphatic rings. The molecule has 8 heteroatoms. The number of amides is 3. The number of anilines is 1. The highest BCUT2D eigenvalue weighted by atomic mass is 19.1. The topological polar surface area (TPSA) is 122 Å². The van der Waals surface area contributed by atoms with Crippen LogP contribution in [0.5, 0.6) is 0 Å². The Hall–Kier alpha value is -2.03. The quantitative estimate of drug-likeness (QED) is 0.362. The molecule has 0 aliphatic heterocycles. The SMILES string of the molecule is NNC(=O)N(C(=O)C(O)[C@H](N)CC1CCCCC1)c1cccc(F)c1. The first kappa shape index (κ1) is 19.3. The summed E-state index contributed by atoms with van der Waals surface area (Å²) in [6.07, 6.45) is 4.38. The van der Waals surface area contributed by atoms with E-state index in [1.54, 1.807) is 0 Å². The van der Waals surface area contributed by atoms with Gasteiger partial charge in [-0.3, -0.25) is 10.2 Å². The van der Waals surface area contributed by atoms with E-state index in [4.69, 9.17) is 11.6 Å². The van der Waals surface area contributed by atoms with Crippen LogP contribution in [-0.2, 0) is 4.79 Å². The number of nitrogens with one attached hydrogen (secondary N) is 1. The summed E-state index contributed by atoms with van der Waals surface area (Å²) in [6, 6.07) is 3.12. The number of aliphatic hydroxyl groups is 1. The largest absolute Gasteiger partial charge is 0.382 e. The van der Waals surface area contributed by atoms with Crippen molar-refractivity contribution in [3.8, 4) is 0 Å². The first-order valence-corrected chi connectivity index (χ1v) is 8.47. The van der Waals surface area contributed by atoms with E-state index < -0.39 is 29.9 Å². The second kappa shape index (κ2) is 8.89. The summed E-state index contributed by atoms with van der Waals surface area (Å²) < 4.78 is 13.4. The predicted octanol–water partition coefficient (Wildman–Crippen LogP) is 1.40. The number of rotatable bonds is 5. The van der Waals surface area contributed by atoms with Gasteiger partial charge in [-0.25, -0.2) is 19.9 Å². The molecule has 0 spiro atoms. The van der Waals surface area contributed by atoms with Crippen molar-refractivity contribution in [3.05, 3.63) is 30.1 Å². The molecule has 1 aliphatic carbocycles. The van der Waals surface area contributed by atoms with Gasteiger partial charge in [0.2, 0.25) is 0 Å². The van der Waals surface area contributed by atoms with Gasteiger partial charge in [0.05, 0.1) is 5.69 Å². The molecular weight excluding hydrogens is 327 g/mol. The summed E-state index contributed by atoms with van der Waals surface area (Å²) in [5.74, 6) is 3.91. The molecule has 0 radical (unpaired) electrons. The van der Waals surface area contributed by atoms with Crippen LogP contribution in [0.15, 0.2) is 24.3 Å². The van der Waals surface area contributed by atoms with E-state index in [1.165, 1.54) is 24.6 Å². The van der Waals surface area contributed by atoms with Crippen LogP contribution in [0.4, 0.5) is 14.9 Å². The van der Waals surface area contributed by atoms with Crippen LogP contribution >= 0.6 is 0 Å². The molecular formula is C17H25FN4O3. The van der Waals surface area contributed by atoms with Crippen LogP contribution < -0.4 is 21.9 Å². The third kappa shape index (κ3) is 4.97. The van der Waals surface area contributed by atoms with Gasteiger partial charge in [0.15, 0.2) is 0 Å². The summed E-state index contributed by atoms with van der Waals surface area (Å²) in [5, 5.41) is 10.3. The van der Waals surface area contributed by atoms with Crippen molar-refractivity contribution in [2.45, 2.75) is 50.7 Å². The lowest BCUT2D eigenvalue weighted by Gasteiger charge is -2.29. The lowest BCUT2D eigenvalue weighted by atomic mass is 9.84. The van der Waals surface area contributed by atoms with Gasteiger partial charge >= 0.3 is 6.03 Å². The molecule has 0 bridgehead atoms. The zero-order valence-electron chi connectivity index (χ0n) is 14.0. The van der Waals surface area contributed by atoms with Gasteiger partial charge in [-0.1, -0.05) is 38.2 Å². The minimum atomic E-state index is -1.58. The summed E-state index contributed by atoms with van der Waals surface area (Å²) in [7, 11) is 0. The van der Waals surface area contributed by atoms with E-state index in [2.05, 4.69) is 0 Å². The first-order chi connectivity index (χ1) is 11.9. The zero-order valence-corrected chi connectivity index (χ0v) is 14.0. The lowest BCUT2D eigenvalue weighted by molar-refractivity contribution is -0.127. The second-order valence-corrected chi connectivity index (χ2v) is 6.45. The number of hydrogen-bond acceptors (Lipinski definition) is 5. The molecule has 2 atom stereocenters. The smallest absolute Gasteiger partial charge is 0.342 e. The number of benzene rings is 1. The summed E-state index contributed by atoms with van der Waals surface area (Å²) in [4.78, 5) is 25.2. The third-order valence-corrected chi connectivity index (χ3v) is 4.60. The Morgan fingerprint density at radius 2 is 2.00 bits per heavy atom. The van der Waals surface area contributed by atoms with E-state index in [0.29, 0.717) is 17.2 Å². The number of carbonyl (C=O) groups excluding carboxylic acids is 2.